The number of anilines is 2. The number of nitrogens with zero attached hydrogens (tertiary/aromatic N) is 1. The van der Waals surface area contributed by atoms with Crippen molar-refractivity contribution in [2.24, 2.45) is 0 Å². The van der Waals surface area contributed by atoms with E-state index < -0.39 is 18.0 Å². The molecule has 11 heteroatoms. The lowest BCUT2D eigenvalue weighted by atomic mass is 10.0. The SMILES string of the molecule is CCOC(=O)CC[C@@H](NC(=O)CCCCCCCCCc1c(N)nc(N)[nH]c1=O)C(=O)OCC. The van der Waals surface area contributed by atoms with E-state index in [2.05, 4.69) is 15.3 Å². The smallest absolute Gasteiger partial charge is 0.328 e. The van der Waals surface area contributed by atoms with Crippen molar-refractivity contribution in [2.75, 3.05) is 24.7 Å². The fraction of sp³-hybridized carbons (Fsp3) is 0.696. The zero-order valence-electron chi connectivity index (χ0n) is 20.3. The average Bonchev–Trinajstić information content (AvgIpc) is 2.77. The number of carbonyl (C=O) groups excluding carboxylic acids is 3. The lowest BCUT2D eigenvalue weighted by Gasteiger charge is -2.17. The predicted molar refractivity (Wildman–Crippen MR) is 129 cm³/mol. The molecule has 0 fully saturated rings. The Morgan fingerprint density at radius 2 is 1.56 bits per heavy atom. The number of esters is 2. The molecule has 0 radical (unpaired) electrons. The van der Waals surface area contributed by atoms with Crippen LogP contribution in [0.2, 0.25) is 0 Å². The molecule has 0 spiro atoms. The molecular formula is C23H39N5O6. The van der Waals surface area contributed by atoms with Crippen LogP contribution in [0.15, 0.2) is 4.79 Å². The van der Waals surface area contributed by atoms with Gasteiger partial charge in [0.2, 0.25) is 11.9 Å². The van der Waals surface area contributed by atoms with Gasteiger partial charge in [-0.3, -0.25) is 19.4 Å². The van der Waals surface area contributed by atoms with Crippen LogP contribution in [0.4, 0.5) is 11.8 Å². The molecule has 0 aromatic carbocycles. The van der Waals surface area contributed by atoms with E-state index in [9.17, 15) is 19.2 Å². The van der Waals surface area contributed by atoms with Crippen molar-refractivity contribution in [2.45, 2.75) is 90.5 Å². The minimum Gasteiger partial charge on any atom is -0.466 e. The Hall–Kier alpha value is -3.11. The van der Waals surface area contributed by atoms with E-state index >= 15 is 0 Å². The van der Waals surface area contributed by atoms with Crippen LogP contribution in [-0.4, -0.2) is 47.1 Å². The molecule has 1 heterocycles. The molecule has 0 unspecified atom stereocenters. The molecule has 0 aliphatic rings. The largest absolute Gasteiger partial charge is 0.466 e. The third kappa shape index (κ3) is 11.7. The number of aromatic nitrogens is 2. The Morgan fingerprint density at radius 3 is 2.18 bits per heavy atom. The maximum Gasteiger partial charge on any atom is 0.328 e. The van der Waals surface area contributed by atoms with E-state index in [-0.39, 0.29) is 49.3 Å². The number of carbonyl (C=O) groups is 3. The molecule has 1 aromatic rings. The van der Waals surface area contributed by atoms with Gasteiger partial charge in [-0.2, -0.15) is 4.98 Å². The molecule has 11 nitrogen and oxygen atoms in total. The van der Waals surface area contributed by atoms with Gasteiger partial charge in [0.15, 0.2) is 0 Å². The summed E-state index contributed by atoms with van der Waals surface area (Å²) in [6.45, 7) is 3.86. The van der Waals surface area contributed by atoms with Crippen molar-refractivity contribution in [3.63, 3.8) is 0 Å². The molecule has 34 heavy (non-hydrogen) atoms. The predicted octanol–water partition coefficient (Wildman–Crippen LogP) is 1.99. The number of nitrogens with two attached hydrogens (primary N) is 2. The van der Waals surface area contributed by atoms with Gasteiger partial charge in [-0.25, -0.2) is 4.79 Å². The maximum atomic E-state index is 12.2. The van der Waals surface area contributed by atoms with Crippen LogP contribution in [0.5, 0.6) is 0 Å². The zero-order valence-corrected chi connectivity index (χ0v) is 20.3. The molecule has 192 valence electrons. The molecule has 0 bridgehead atoms. The van der Waals surface area contributed by atoms with Gasteiger partial charge in [-0.1, -0.05) is 32.1 Å². The van der Waals surface area contributed by atoms with Gasteiger partial charge in [0.05, 0.1) is 18.8 Å². The summed E-state index contributed by atoms with van der Waals surface area (Å²) >= 11 is 0. The number of amides is 1. The molecular weight excluding hydrogens is 442 g/mol. The average molecular weight is 482 g/mol. The molecule has 0 saturated heterocycles. The number of aromatic amines is 1. The highest BCUT2D eigenvalue weighted by atomic mass is 16.5. The quantitative estimate of drug-likeness (QED) is 0.191. The molecule has 0 saturated carbocycles. The van der Waals surface area contributed by atoms with E-state index in [1.807, 2.05) is 0 Å². The Morgan fingerprint density at radius 1 is 0.941 bits per heavy atom. The topological polar surface area (TPSA) is 179 Å². The van der Waals surface area contributed by atoms with Crippen molar-refractivity contribution in [1.29, 1.82) is 0 Å². The van der Waals surface area contributed by atoms with Gasteiger partial charge < -0.3 is 26.3 Å². The summed E-state index contributed by atoms with van der Waals surface area (Å²) in [5, 5.41) is 2.67. The van der Waals surface area contributed by atoms with Crippen LogP contribution >= 0.6 is 0 Å². The number of unbranched alkanes of at least 4 members (excludes halogenated alkanes) is 6. The fourth-order valence-corrected chi connectivity index (χ4v) is 3.50. The summed E-state index contributed by atoms with van der Waals surface area (Å²) in [6, 6.07) is -0.852. The van der Waals surface area contributed by atoms with Crippen molar-refractivity contribution in [1.82, 2.24) is 15.3 Å². The number of nitrogens with one attached hydrogen (secondary N) is 2. The highest BCUT2D eigenvalue weighted by Crippen LogP contribution is 2.13. The number of nitrogen functional groups attached to an aromatic ring is 2. The van der Waals surface area contributed by atoms with Crippen molar-refractivity contribution in [3.8, 4) is 0 Å². The summed E-state index contributed by atoms with van der Waals surface area (Å²) in [5.41, 5.74) is 11.4. The molecule has 1 amide bonds. The fourth-order valence-electron chi connectivity index (χ4n) is 3.50. The van der Waals surface area contributed by atoms with Crippen LogP contribution in [0.1, 0.15) is 83.6 Å². The lowest BCUT2D eigenvalue weighted by molar-refractivity contribution is -0.148. The number of rotatable bonds is 17. The third-order valence-electron chi connectivity index (χ3n) is 5.25. The zero-order chi connectivity index (χ0) is 25.3. The molecule has 1 rings (SSSR count). The van der Waals surface area contributed by atoms with Crippen LogP contribution in [0.25, 0.3) is 0 Å². The van der Waals surface area contributed by atoms with Crippen molar-refractivity contribution >= 4 is 29.6 Å². The first-order valence-corrected chi connectivity index (χ1v) is 12.0. The normalized spacial score (nSPS) is 11.6. The summed E-state index contributed by atoms with van der Waals surface area (Å²) in [4.78, 5) is 54.0. The second-order valence-electron chi connectivity index (χ2n) is 8.01. The summed E-state index contributed by atoms with van der Waals surface area (Å²) in [6.07, 6.45) is 7.49. The van der Waals surface area contributed by atoms with Gasteiger partial charge in [0.1, 0.15) is 11.9 Å². The minimum absolute atomic E-state index is 0.0213. The molecule has 1 atom stereocenters. The Kier molecular flexibility index (Phi) is 14.0. The maximum absolute atomic E-state index is 12.2. The molecule has 6 N–H and O–H groups in total. The van der Waals surface area contributed by atoms with Gasteiger partial charge in [0, 0.05) is 12.8 Å². The Balaban J connectivity index is 2.20. The van der Waals surface area contributed by atoms with Crippen LogP contribution < -0.4 is 22.3 Å². The third-order valence-corrected chi connectivity index (χ3v) is 5.25. The van der Waals surface area contributed by atoms with E-state index in [0.717, 1.165) is 38.5 Å². The first-order valence-electron chi connectivity index (χ1n) is 12.0. The van der Waals surface area contributed by atoms with Crippen molar-refractivity contribution < 1.29 is 23.9 Å². The Labute approximate surface area is 200 Å². The van der Waals surface area contributed by atoms with Gasteiger partial charge in [-0.15, -0.1) is 0 Å². The number of H-pyrrole nitrogens is 1. The monoisotopic (exact) mass is 481 g/mol. The van der Waals surface area contributed by atoms with Gasteiger partial charge >= 0.3 is 11.9 Å². The highest BCUT2D eigenvalue weighted by molar-refractivity contribution is 5.84. The minimum atomic E-state index is -0.852. The molecule has 0 aliphatic heterocycles. The number of ether oxygens (including phenoxy) is 2. The first kappa shape index (κ1) is 28.9. The molecule has 0 aliphatic carbocycles. The van der Waals surface area contributed by atoms with Crippen molar-refractivity contribution in [3.05, 3.63) is 15.9 Å². The van der Waals surface area contributed by atoms with Crippen LogP contribution in [0.3, 0.4) is 0 Å². The van der Waals surface area contributed by atoms with E-state index in [4.69, 9.17) is 20.9 Å². The second kappa shape index (κ2) is 16.5. The molecule has 1 aromatic heterocycles. The number of hydrogen-bond acceptors (Lipinski definition) is 9. The van der Waals surface area contributed by atoms with Gasteiger partial charge in [-0.05, 0) is 39.5 Å². The standard InChI is InChI=1S/C23H39N5O6/c1-3-33-19(30)15-14-17(22(32)34-4-2)26-18(29)13-11-9-7-5-6-8-10-12-16-20(24)27-23(25)28-21(16)31/h17H,3-15H2,1-2H3,(H,26,29)(H5,24,25,27,28,31)/t17-/m1/s1. The van der Waals surface area contributed by atoms with Crippen LogP contribution in [0, 0.1) is 0 Å². The van der Waals surface area contributed by atoms with Crippen LogP contribution in [-0.2, 0) is 30.3 Å². The highest BCUT2D eigenvalue weighted by Gasteiger charge is 2.23. The van der Waals surface area contributed by atoms with E-state index in [1.165, 1.54) is 0 Å². The Bertz CT molecular complexity index is 842. The lowest BCUT2D eigenvalue weighted by Crippen LogP contribution is -2.42. The second-order valence-corrected chi connectivity index (χ2v) is 8.01. The number of hydrogen-bond donors (Lipinski definition) is 4. The summed E-state index contributed by atoms with van der Waals surface area (Å²) in [7, 11) is 0. The first-order chi connectivity index (χ1) is 16.3. The summed E-state index contributed by atoms with van der Waals surface area (Å²) < 4.78 is 9.86. The van der Waals surface area contributed by atoms with Gasteiger partial charge in [0.25, 0.3) is 5.56 Å². The summed E-state index contributed by atoms with van der Waals surface area (Å²) in [5.74, 6) is -0.981. The van der Waals surface area contributed by atoms with E-state index in [1.54, 1.807) is 13.8 Å². The van der Waals surface area contributed by atoms with E-state index in [0.29, 0.717) is 24.8 Å².